The van der Waals surface area contributed by atoms with Crippen molar-refractivity contribution >= 4 is 23.4 Å². The molecule has 0 fully saturated rings. The van der Waals surface area contributed by atoms with Crippen LogP contribution < -0.4 is 10.2 Å². The highest BCUT2D eigenvalue weighted by Gasteiger charge is 2.09. The van der Waals surface area contributed by atoms with Gasteiger partial charge in [-0.1, -0.05) is 11.8 Å². The van der Waals surface area contributed by atoms with Gasteiger partial charge in [-0.3, -0.25) is 0 Å². The lowest BCUT2D eigenvalue weighted by atomic mass is 10.4. The fourth-order valence-corrected chi connectivity index (χ4v) is 1.95. The second kappa shape index (κ2) is 8.16. The molecule has 0 aliphatic rings. The predicted molar refractivity (Wildman–Crippen MR) is 77.7 cm³/mol. The van der Waals surface area contributed by atoms with Crippen LogP contribution >= 0.6 is 11.8 Å². The van der Waals surface area contributed by atoms with Crippen molar-refractivity contribution in [2.75, 3.05) is 49.8 Å². The Balaban J connectivity index is 2.93. The summed E-state index contributed by atoms with van der Waals surface area (Å²) in [6.45, 7) is 7.47. The summed E-state index contributed by atoms with van der Waals surface area (Å²) < 4.78 is 5.12. The van der Waals surface area contributed by atoms with Gasteiger partial charge in [-0.2, -0.15) is 0 Å². The van der Waals surface area contributed by atoms with Gasteiger partial charge < -0.3 is 15.0 Å². The quantitative estimate of drug-likeness (QED) is 0.577. The lowest BCUT2D eigenvalue weighted by Crippen LogP contribution is -2.28. The van der Waals surface area contributed by atoms with Gasteiger partial charge in [0.1, 0.15) is 11.6 Å². The summed E-state index contributed by atoms with van der Waals surface area (Å²) in [5, 5.41) is 4.03. The van der Waals surface area contributed by atoms with E-state index in [4.69, 9.17) is 4.74 Å². The number of rotatable bonds is 8. The van der Waals surface area contributed by atoms with E-state index in [1.54, 1.807) is 18.9 Å². The fraction of sp³-hybridized carbons (Fsp3) is 0.667. The maximum absolute atomic E-state index is 5.12. The van der Waals surface area contributed by atoms with Crippen LogP contribution in [0.15, 0.2) is 11.2 Å². The Labute approximate surface area is 113 Å². The van der Waals surface area contributed by atoms with E-state index in [9.17, 15) is 0 Å². The molecule has 0 bridgehead atoms. The molecular formula is C12H22N4OS. The summed E-state index contributed by atoms with van der Waals surface area (Å²) in [6, 6.07) is 1.99. The first kappa shape index (κ1) is 15.0. The van der Waals surface area contributed by atoms with Crippen LogP contribution in [0.2, 0.25) is 0 Å². The molecule has 0 atom stereocenters. The normalized spacial score (nSPS) is 10.4. The summed E-state index contributed by atoms with van der Waals surface area (Å²) in [4.78, 5) is 11.1. The molecule has 0 amide bonds. The number of thioether (sulfide) groups is 1. The minimum atomic E-state index is 0.697. The van der Waals surface area contributed by atoms with E-state index < -0.39 is 0 Å². The van der Waals surface area contributed by atoms with E-state index in [1.807, 2.05) is 12.3 Å². The van der Waals surface area contributed by atoms with Crippen molar-refractivity contribution in [3.63, 3.8) is 0 Å². The summed E-state index contributed by atoms with van der Waals surface area (Å²) in [5.41, 5.74) is 0. The van der Waals surface area contributed by atoms with Gasteiger partial charge in [0.05, 0.1) is 6.61 Å². The number of likely N-dealkylation sites (N-methyl/N-ethyl adjacent to an activating group) is 1. The van der Waals surface area contributed by atoms with Gasteiger partial charge in [0, 0.05) is 32.8 Å². The van der Waals surface area contributed by atoms with Crippen molar-refractivity contribution in [1.29, 1.82) is 0 Å². The van der Waals surface area contributed by atoms with Crippen LogP contribution in [0.25, 0.3) is 0 Å². The van der Waals surface area contributed by atoms with Crippen LogP contribution in [0.5, 0.6) is 0 Å². The maximum atomic E-state index is 5.12. The van der Waals surface area contributed by atoms with Crippen LogP contribution in [0.3, 0.4) is 0 Å². The molecule has 0 saturated carbocycles. The van der Waals surface area contributed by atoms with Crippen molar-refractivity contribution in [1.82, 2.24) is 9.97 Å². The van der Waals surface area contributed by atoms with Crippen molar-refractivity contribution in [2.45, 2.75) is 19.0 Å². The van der Waals surface area contributed by atoms with E-state index >= 15 is 0 Å². The van der Waals surface area contributed by atoms with Gasteiger partial charge in [0.15, 0.2) is 5.16 Å². The molecule has 0 radical (unpaired) electrons. The SMILES string of the molecule is CCNc1cc(N(CC)CCOC)nc(SC)n1. The highest BCUT2D eigenvalue weighted by atomic mass is 32.2. The minimum Gasteiger partial charge on any atom is -0.383 e. The monoisotopic (exact) mass is 270 g/mol. The summed E-state index contributed by atoms with van der Waals surface area (Å²) in [6.07, 6.45) is 1.99. The smallest absolute Gasteiger partial charge is 0.191 e. The average molecular weight is 270 g/mol. The lowest BCUT2D eigenvalue weighted by Gasteiger charge is -2.22. The van der Waals surface area contributed by atoms with Crippen molar-refractivity contribution in [3.8, 4) is 0 Å². The van der Waals surface area contributed by atoms with Crippen molar-refractivity contribution < 1.29 is 4.74 Å². The molecule has 18 heavy (non-hydrogen) atoms. The van der Waals surface area contributed by atoms with Gasteiger partial charge in [0.25, 0.3) is 0 Å². The summed E-state index contributed by atoms with van der Waals surface area (Å²) in [7, 11) is 1.71. The topological polar surface area (TPSA) is 50.3 Å². The molecule has 0 aromatic carbocycles. The Bertz CT molecular complexity index is 362. The lowest BCUT2D eigenvalue weighted by molar-refractivity contribution is 0.205. The molecule has 0 unspecified atom stereocenters. The second-order valence-corrected chi connectivity index (χ2v) is 4.47. The Morgan fingerprint density at radius 2 is 2.17 bits per heavy atom. The summed E-state index contributed by atoms with van der Waals surface area (Å²) in [5.74, 6) is 1.83. The van der Waals surface area contributed by atoms with Crippen molar-refractivity contribution in [3.05, 3.63) is 6.07 Å². The second-order valence-electron chi connectivity index (χ2n) is 3.70. The van der Waals surface area contributed by atoms with E-state index in [2.05, 4.69) is 34.0 Å². The first-order valence-corrected chi connectivity index (χ1v) is 7.38. The molecule has 102 valence electrons. The van der Waals surface area contributed by atoms with E-state index in [-0.39, 0.29) is 0 Å². The summed E-state index contributed by atoms with van der Waals surface area (Å²) >= 11 is 1.55. The Kier molecular flexibility index (Phi) is 6.82. The third-order valence-corrected chi connectivity index (χ3v) is 3.05. The van der Waals surface area contributed by atoms with Gasteiger partial charge in [0.2, 0.25) is 0 Å². The van der Waals surface area contributed by atoms with Crippen LogP contribution in [-0.2, 0) is 4.74 Å². The van der Waals surface area contributed by atoms with Gasteiger partial charge in [-0.15, -0.1) is 0 Å². The minimum absolute atomic E-state index is 0.697. The standard InChI is InChI=1S/C12H22N4OS/c1-5-13-10-9-11(15-12(14-10)18-4)16(6-2)7-8-17-3/h9H,5-8H2,1-4H3,(H,13,14,15). The molecule has 1 N–H and O–H groups in total. The number of aromatic nitrogens is 2. The van der Waals surface area contributed by atoms with Crippen molar-refractivity contribution in [2.24, 2.45) is 0 Å². The molecule has 0 aliphatic heterocycles. The number of methoxy groups -OCH3 is 1. The Morgan fingerprint density at radius 1 is 1.39 bits per heavy atom. The Morgan fingerprint density at radius 3 is 2.72 bits per heavy atom. The maximum Gasteiger partial charge on any atom is 0.191 e. The zero-order valence-corrected chi connectivity index (χ0v) is 12.4. The molecule has 1 rings (SSSR count). The van der Waals surface area contributed by atoms with Gasteiger partial charge in [-0.25, -0.2) is 9.97 Å². The molecule has 5 nitrogen and oxygen atoms in total. The third kappa shape index (κ3) is 4.34. The zero-order chi connectivity index (χ0) is 13.4. The third-order valence-electron chi connectivity index (χ3n) is 2.50. The highest BCUT2D eigenvalue weighted by molar-refractivity contribution is 7.98. The van der Waals surface area contributed by atoms with Crippen LogP contribution in [-0.4, -0.2) is 49.6 Å². The van der Waals surface area contributed by atoms with E-state index in [0.717, 1.165) is 36.4 Å². The van der Waals surface area contributed by atoms with Crippen LogP contribution in [0, 0.1) is 0 Å². The first-order chi connectivity index (χ1) is 8.74. The zero-order valence-electron chi connectivity index (χ0n) is 11.6. The molecule has 0 spiro atoms. The molecule has 1 aromatic heterocycles. The number of anilines is 2. The molecule has 0 aliphatic carbocycles. The first-order valence-electron chi connectivity index (χ1n) is 6.15. The van der Waals surface area contributed by atoms with Gasteiger partial charge in [-0.05, 0) is 20.1 Å². The van der Waals surface area contributed by atoms with Crippen LogP contribution in [0.1, 0.15) is 13.8 Å². The number of ether oxygens (including phenoxy) is 1. The molecule has 6 heteroatoms. The van der Waals surface area contributed by atoms with Crippen LogP contribution in [0.4, 0.5) is 11.6 Å². The molecule has 1 heterocycles. The Hall–Kier alpha value is -1.01. The number of hydrogen-bond donors (Lipinski definition) is 1. The average Bonchev–Trinajstić information content (AvgIpc) is 2.39. The van der Waals surface area contributed by atoms with E-state index in [1.165, 1.54) is 0 Å². The fourth-order valence-electron chi connectivity index (χ4n) is 1.57. The predicted octanol–water partition coefficient (Wildman–Crippen LogP) is 2.10. The molecular weight excluding hydrogens is 248 g/mol. The molecule has 1 aromatic rings. The number of nitrogens with one attached hydrogen (secondary N) is 1. The number of hydrogen-bond acceptors (Lipinski definition) is 6. The number of nitrogens with zero attached hydrogens (tertiary/aromatic N) is 3. The van der Waals surface area contributed by atoms with Gasteiger partial charge >= 0.3 is 0 Å². The largest absolute Gasteiger partial charge is 0.383 e. The molecule has 0 saturated heterocycles. The van der Waals surface area contributed by atoms with E-state index in [0.29, 0.717) is 6.61 Å². The highest BCUT2D eigenvalue weighted by Crippen LogP contribution is 2.20.